The van der Waals surface area contributed by atoms with E-state index in [4.69, 9.17) is 10.1 Å². The Morgan fingerprint density at radius 2 is 2.08 bits per heavy atom. The summed E-state index contributed by atoms with van der Waals surface area (Å²) in [5.74, 6) is 0. The molecule has 65 valence electrons. The number of hydrogen-bond donors (Lipinski definition) is 0. The fourth-order valence-corrected chi connectivity index (χ4v) is 0.847. The molecule has 3 heteroatoms. The van der Waals surface area contributed by atoms with Crippen molar-refractivity contribution in [1.82, 2.24) is 0 Å². The predicted octanol–water partition coefficient (Wildman–Crippen LogP) is 1.96. The molecule has 0 saturated heterocycles. The van der Waals surface area contributed by atoms with Crippen LogP contribution in [0.3, 0.4) is 0 Å². The topological polar surface area (TPSA) is 45.4 Å². The Kier molecular flexibility index (Phi) is 3.52. The standard InChI is InChI=1S/C10H9N2O/c1-2-12-13-8-10-5-3-9(7-11)4-6-10/h3-6H,8H2,1H3. The van der Waals surface area contributed by atoms with Gasteiger partial charge in [-0.2, -0.15) is 5.26 Å². The first-order valence-corrected chi connectivity index (χ1v) is 3.84. The zero-order chi connectivity index (χ0) is 9.52. The second kappa shape index (κ2) is 4.94. The van der Waals surface area contributed by atoms with Crippen molar-refractivity contribution in [1.29, 1.82) is 5.26 Å². The molecule has 1 rings (SSSR count). The van der Waals surface area contributed by atoms with Crippen LogP contribution in [0.25, 0.3) is 0 Å². The van der Waals surface area contributed by atoms with E-state index in [1.54, 1.807) is 19.1 Å². The Bertz CT molecular complexity index is 322. The minimum atomic E-state index is 0.409. The maximum atomic E-state index is 8.53. The summed E-state index contributed by atoms with van der Waals surface area (Å²) in [6.45, 7) is 2.07. The Balaban J connectivity index is 2.55. The number of hydrogen-bond acceptors (Lipinski definition) is 3. The molecule has 0 aliphatic carbocycles. The summed E-state index contributed by atoms with van der Waals surface area (Å²) in [5.41, 5.74) is 1.63. The zero-order valence-electron chi connectivity index (χ0n) is 7.32. The average molecular weight is 173 g/mol. The molecule has 3 nitrogen and oxygen atoms in total. The summed E-state index contributed by atoms with van der Waals surface area (Å²) < 4.78 is 0. The minimum absolute atomic E-state index is 0.409. The lowest BCUT2D eigenvalue weighted by Gasteiger charge is -1.98. The van der Waals surface area contributed by atoms with E-state index in [0.717, 1.165) is 5.56 Å². The number of nitrogens with zero attached hydrogens (tertiary/aromatic N) is 2. The summed E-state index contributed by atoms with van der Waals surface area (Å²) in [6.07, 6.45) is 2.51. The van der Waals surface area contributed by atoms with Gasteiger partial charge in [-0.05, 0) is 24.6 Å². The summed E-state index contributed by atoms with van der Waals surface area (Å²) in [5, 5.41) is 12.0. The molecular weight excluding hydrogens is 164 g/mol. The molecular formula is C10H9N2O. The summed E-state index contributed by atoms with van der Waals surface area (Å²) in [6, 6.07) is 9.22. The second-order valence-electron chi connectivity index (χ2n) is 2.40. The largest absolute Gasteiger partial charge is 0.391 e. The van der Waals surface area contributed by atoms with E-state index in [0.29, 0.717) is 12.2 Å². The molecule has 0 amide bonds. The van der Waals surface area contributed by atoms with Gasteiger partial charge in [0.1, 0.15) is 12.8 Å². The Labute approximate surface area is 77.2 Å². The van der Waals surface area contributed by atoms with Gasteiger partial charge in [0.25, 0.3) is 0 Å². The van der Waals surface area contributed by atoms with Crippen molar-refractivity contribution in [2.24, 2.45) is 5.16 Å². The molecule has 0 aliphatic rings. The fourth-order valence-electron chi connectivity index (χ4n) is 0.847. The molecule has 0 unspecified atom stereocenters. The number of benzene rings is 1. The lowest BCUT2D eigenvalue weighted by Crippen LogP contribution is -1.86. The van der Waals surface area contributed by atoms with E-state index >= 15 is 0 Å². The summed E-state index contributed by atoms with van der Waals surface area (Å²) in [7, 11) is 0. The molecule has 0 saturated carbocycles. The van der Waals surface area contributed by atoms with Crippen molar-refractivity contribution < 1.29 is 4.84 Å². The van der Waals surface area contributed by atoms with Crippen molar-refractivity contribution in [2.45, 2.75) is 13.5 Å². The first-order valence-electron chi connectivity index (χ1n) is 3.84. The Hall–Kier alpha value is -1.82. The number of rotatable bonds is 3. The van der Waals surface area contributed by atoms with Gasteiger partial charge in [-0.1, -0.05) is 17.3 Å². The summed E-state index contributed by atoms with van der Waals surface area (Å²) >= 11 is 0. The van der Waals surface area contributed by atoms with E-state index in [1.807, 2.05) is 18.2 Å². The molecule has 0 N–H and O–H groups in total. The van der Waals surface area contributed by atoms with Crippen molar-refractivity contribution in [3.05, 3.63) is 35.4 Å². The summed E-state index contributed by atoms with van der Waals surface area (Å²) in [4.78, 5) is 4.87. The first-order chi connectivity index (χ1) is 6.36. The molecule has 0 bridgehead atoms. The van der Waals surface area contributed by atoms with E-state index in [2.05, 4.69) is 11.4 Å². The fraction of sp³-hybridized carbons (Fsp3) is 0.200. The highest BCUT2D eigenvalue weighted by atomic mass is 16.6. The molecule has 0 aromatic heterocycles. The normalized spacial score (nSPS) is 9.85. The van der Waals surface area contributed by atoms with Crippen molar-refractivity contribution >= 4 is 6.21 Å². The van der Waals surface area contributed by atoms with Gasteiger partial charge in [-0.25, -0.2) is 0 Å². The van der Waals surface area contributed by atoms with E-state index in [-0.39, 0.29) is 0 Å². The molecule has 0 heterocycles. The van der Waals surface area contributed by atoms with E-state index in [9.17, 15) is 0 Å². The van der Waals surface area contributed by atoms with Crippen LogP contribution in [0, 0.1) is 11.3 Å². The van der Waals surface area contributed by atoms with Crippen molar-refractivity contribution in [3.63, 3.8) is 0 Å². The number of nitriles is 1. The van der Waals surface area contributed by atoms with Crippen LogP contribution in [-0.2, 0) is 11.4 Å². The SMILES string of the molecule is C/[C]=N\OCc1ccc(C#N)cc1. The molecule has 1 radical (unpaired) electrons. The van der Waals surface area contributed by atoms with Crippen LogP contribution < -0.4 is 0 Å². The predicted molar refractivity (Wildman–Crippen MR) is 49.1 cm³/mol. The third-order valence-electron chi connectivity index (χ3n) is 1.47. The molecule has 1 aromatic rings. The van der Waals surface area contributed by atoms with Gasteiger partial charge in [-0.3, -0.25) is 0 Å². The smallest absolute Gasteiger partial charge is 0.142 e. The molecule has 0 aliphatic heterocycles. The van der Waals surface area contributed by atoms with Crippen LogP contribution in [0.2, 0.25) is 0 Å². The highest BCUT2D eigenvalue weighted by Gasteiger charge is 1.92. The van der Waals surface area contributed by atoms with Crippen LogP contribution in [0.5, 0.6) is 0 Å². The van der Waals surface area contributed by atoms with Crippen molar-refractivity contribution in [3.8, 4) is 6.07 Å². The third kappa shape index (κ3) is 2.96. The Morgan fingerprint density at radius 3 is 2.62 bits per heavy atom. The molecule has 0 spiro atoms. The maximum absolute atomic E-state index is 8.53. The van der Waals surface area contributed by atoms with Gasteiger partial charge >= 0.3 is 0 Å². The van der Waals surface area contributed by atoms with Gasteiger partial charge in [0.2, 0.25) is 0 Å². The van der Waals surface area contributed by atoms with Crippen LogP contribution in [0.1, 0.15) is 18.1 Å². The lowest BCUT2D eigenvalue weighted by atomic mass is 10.2. The highest BCUT2D eigenvalue weighted by molar-refractivity contribution is 5.52. The van der Waals surface area contributed by atoms with Gasteiger partial charge in [0, 0.05) is 0 Å². The molecule has 0 fully saturated rings. The van der Waals surface area contributed by atoms with E-state index < -0.39 is 0 Å². The van der Waals surface area contributed by atoms with Crippen LogP contribution in [-0.4, -0.2) is 6.21 Å². The lowest BCUT2D eigenvalue weighted by molar-refractivity contribution is 0.132. The molecule has 13 heavy (non-hydrogen) atoms. The maximum Gasteiger partial charge on any atom is 0.142 e. The average Bonchev–Trinajstić information content (AvgIpc) is 2.19. The highest BCUT2D eigenvalue weighted by Crippen LogP contribution is 2.04. The van der Waals surface area contributed by atoms with Crippen molar-refractivity contribution in [2.75, 3.05) is 0 Å². The van der Waals surface area contributed by atoms with Crippen LogP contribution in [0.4, 0.5) is 0 Å². The quantitative estimate of drug-likeness (QED) is 0.518. The van der Waals surface area contributed by atoms with Crippen LogP contribution >= 0.6 is 0 Å². The van der Waals surface area contributed by atoms with E-state index in [1.165, 1.54) is 0 Å². The van der Waals surface area contributed by atoms with Crippen LogP contribution in [0.15, 0.2) is 29.4 Å². The van der Waals surface area contributed by atoms with Gasteiger partial charge in [-0.15, -0.1) is 0 Å². The third-order valence-corrected chi connectivity index (χ3v) is 1.47. The molecule has 0 atom stereocenters. The minimum Gasteiger partial charge on any atom is -0.391 e. The molecule has 1 aromatic carbocycles. The first kappa shape index (κ1) is 9.27. The Morgan fingerprint density at radius 1 is 1.38 bits per heavy atom. The monoisotopic (exact) mass is 173 g/mol. The van der Waals surface area contributed by atoms with Gasteiger partial charge in [0.15, 0.2) is 0 Å². The van der Waals surface area contributed by atoms with Gasteiger partial charge < -0.3 is 4.84 Å². The zero-order valence-corrected chi connectivity index (χ0v) is 7.32. The second-order valence-corrected chi connectivity index (χ2v) is 2.40. The van der Waals surface area contributed by atoms with Gasteiger partial charge in [0.05, 0.1) is 11.6 Å².